The number of rotatable bonds is 8. The summed E-state index contributed by atoms with van der Waals surface area (Å²) in [5, 5.41) is 2.76. The van der Waals surface area contributed by atoms with Crippen molar-refractivity contribution < 1.29 is 14.3 Å². The summed E-state index contributed by atoms with van der Waals surface area (Å²) < 4.78 is 6.54. The van der Waals surface area contributed by atoms with Crippen LogP contribution in [0.15, 0.2) is 53.0 Å². The number of amides is 2. The summed E-state index contributed by atoms with van der Waals surface area (Å²) in [6.45, 7) is 3.24. The van der Waals surface area contributed by atoms with Gasteiger partial charge < -0.3 is 15.0 Å². The molecular weight excluding hydrogens is 396 g/mol. The van der Waals surface area contributed by atoms with Crippen molar-refractivity contribution in [1.29, 1.82) is 0 Å². The molecule has 0 aromatic heterocycles. The van der Waals surface area contributed by atoms with Crippen LogP contribution in [0.5, 0.6) is 5.75 Å². The molecule has 0 bridgehead atoms. The summed E-state index contributed by atoms with van der Waals surface area (Å²) in [5.41, 5.74) is 1.75. The quantitative estimate of drug-likeness (QED) is 0.714. The lowest BCUT2D eigenvalue weighted by molar-refractivity contribution is -0.130. The molecule has 5 nitrogen and oxygen atoms in total. The zero-order valence-electron chi connectivity index (χ0n) is 15.0. The molecule has 2 amide bonds. The minimum atomic E-state index is -0.185. The minimum absolute atomic E-state index is 0.0337. The topological polar surface area (TPSA) is 58.6 Å². The van der Waals surface area contributed by atoms with Crippen molar-refractivity contribution in [2.75, 3.05) is 26.7 Å². The molecule has 6 heteroatoms. The molecule has 26 heavy (non-hydrogen) atoms. The van der Waals surface area contributed by atoms with Crippen molar-refractivity contribution in [2.24, 2.45) is 0 Å². The number of ether oxygens (including phenoxy) is 1. The smallest absolute Gasteiger partial charge is 0.251 e. The van der Waals surface area contributed by atoms with E-state index in [-0.39, 0.29) is 18.2 Å². The molecule has 0 spiro atoms. The Kier molecular flexibility index (Phi) is 7.66. The van der Waals surface area contributed by atoms with E-state index in [4.69, 9.17) is 4.74 Å². The molecule has 0 fully saturated rings. The summed E-state index contributed by atoms with van der Waals surface area (Å²) in [5.74, 6) is 0.572. The molecule has 2 aromatic carbocycles. The standard InChI is InChI=1S/C20H23BrN2O3/c1-15-3-9-18(10-4-15)26-14-13-23(2)19(24)11-12-22-20(25)16-5-7-17(21)8-6-16/h3-10H,11-14H2,1-2H3,(H,22,25). The van der Waals surface area contributed by atoms with Crippen LogP contribution in [0.25, 0.3) is 0 Å². The Morgan fingerprint density at radius 2 is 1.73 bits per heavy atom. The van der Waals surface area contributed by atoms with Crippen molar-refractivity contribution in [2.45, 2.75) is 13.3 Å². The first-order valence-corrected chi connectivity index (χ1v) is 9.22. The van der Waals surface area contributed by atoms with Gasteiger partial charge in [-0.15, -0.1) is 0 Å². The molecule has 0 saturated carbocycles. The number of carbonyl (C=O) groups is 2. The zero-order valence-corrected chi connectivity index (χ0v) is 16.6. The lowest BCUT2D eigenvalue weighted by Gasteiger charge is -2.17. The fourth-order valence-electron chi connectivity index (χ4n) is 2.24. The number of halogens is 1. The van der Waals surface area contributed by atoms with E-state index in [1.54, 1.807) is 24.1 Å². The van der Waals surface area contributed by atoms with Crippen LogP contribution in [-0.4, -0.2) is 43.5 Å². The van der Waals surface area contributed by atoms with Gasteiger partial charge in [-0.1, -0.05) is 33.6 Å². The molecule has 0 unspecified atom stereocenters. The first-order valence-electron chi connectivity index (χ1n) is 8.43. The Morgan fingerprint density at radius 1 is 1.08 bits per heavy atom. The van der Waals surface area contributed by atoms with Crippen LogP contribution >= 0.6 is 15.9 Å². The highest BCUT2D eigenvalue weighted by Crippen LogP contribution is 2.11. The van der Waals surface area contributed by atoms with Gasteiger partial charge in [-0.3, -0.25) is 9.59 Å². The van der Waals surface area contributed by atoms with Crippen molar-refractivity contribution in [3.05, 3.63) is 64.1 Å². The Balaban J connectivity index is 1.65. The van der Waals surface area contributed by atoms with Crippen LogP contribution in [0.1, 0.15) is 22.3 Å². The van der Waals surface area contributed by atoms with E-state index >= 15 is 0 Å². The van der Waals surface area contributed by atoms with Gasteiger partial charge in [-0.2, -0.15) is 0 Å². The minimum Gasteiger partial charge on any atom is -0.492 e. The number of benzene rings is 2. The molecule has 0 aliphatic carbocycles. The molecule has 0 aliphatic heterocycles. The van der Waals surface area contributed by atoms with Crippen LogP contribution < -0.4 is 10.1 Å². The summed E-state index contributed by atoms with van der Waals surface area (Å²) in [6, 6.07) is 14.9. The predicted molar refractivity (Wildman–Crippen MR) is 105 cm³/mol. The number of hydrogen-bond acceptors (Lipinski definition) is 3. The number of nitrogens with one attached hydrogen (secondary N) is 1. The largest absolute Gasteiger partial charge is 0.492 e. The van der Waals surface area contributed by atoms with Crippen LogP contribution in [0.4, 0.5) is 0 Å². The Hall–Kier alpha value is -2.34. The molecular formula is C20H23BrN2O3. The second kappa shape index (κ2) is 9.97. The number of likely N-dealkylation sites (N-methyl/N-ethyl adjacent to an activating group) is 1. The molecule has 0 heterocycles. The molecule has 0 aliphatic rings. The summed E-state index contributed by atoms with van der Waals surface area (Å²) in [6.07, 6.45) is 0.253. The predicted octanol–water partition coefficient (Wildman–Crippen LogP) is 3.41. The Bertz CT molecular complexity index is 730. The third kappa shape index (κ3) is 6.52. The van der Waals surface area contributed by atoms with Crippen LogP contribution in [0.2, 0.25) is 0 Å². The van der Waals surface area contributed by atoms with Gasteiger partial charge in [-0.05, 0) is 43.3 Å². The molecule has 0 atom stereocenters. The van der Waals surface area contributed by atoms with Gasteiger partial charge in [0.25, 0.3) is 5.91 Å². The first kappa shape index (κ1) is 20.0. The van der Waals surface area contributed by atoms with Crippen molar-refractivity contribution in [3.8, 4) is 5.75 Å². The van der Waals surface area contributed by atoms with E-state index in [1.807, 2.05) is 43.3 Å². The summed E-state index contributed by atoms with van der Waals surface area (Å²) in [7, 11) is 1.73. The molecule has 2 aromatic rings. The average molecular weight is 419 g/mol. The van der Waals surface area contributed by atoms with Crippen LogP contribution in [-0.2, 0) is 4.79 Å². The second-order valence-corrected chi connectivity index (χ2v) is 6.91. The van der Waals surface area contributed by atoms with Gasteiger partial charge in [0, 0.05) is 30.0 Å². The van der Waals surface area contributed by atoms with Crippen LogP contribution in [0.3, 0.4) is 0 Å². The number of aryl methyl sites for hydroxylation is 1. The fourth-order valence-corrected chi connectivity index (χ4v) is 2.50. The third-order valence-electron chi connectivity index (χ3n) is 3.87. The van der Waals surface area contributed by atoms with Gasteiger partial charge in [0.15, 0.2) is 0 Å². The van der Waals surface area contributed by atoms with E-state index in [1.165, 1.54) is 5.56 Å². The fraction of sp³-hybridized carbons (Fsp3) is 0.300. The van der Waals surface area contributed by atoms with Gasteiger partial charge in [0.05, 0.1) is 6.54 Å². The molecule has 138 valence electrons. The van der Waals surface area contributed by atoms with E-state index in [9.17, 15) is 9.59 Å². The van der Waals surface area contributed by atoms with Gasteiger partial charge in [0.1, 0.15) is 12.4 Å². The van der Waals surface area contributed by atoms with Crippen molar-refractivity contribution in [3.63, 3.8) is 0 Å². The van der Waals surface area contributed by atoms with E-state index < -0.39 is 0 Å². The van der Waals surface area contributed by atoms with Crippen molar-refractivity contribution in [1.82, 2.24) is 10.2 Å². The molecule has 0 radical (unpaired) electrons. The average Bonchev–Trinajstić information content (AvgIpc) is 2.63. The molecule has 1 N–H and O–H groups in total. The number of hydrogen-bond donors (Lipinski definition) is 1. The van der Waals surface area contributed by atoms with E-state index in [0.29, 0.717) is 25.3 Å². The lowest BCUT2D eigenvalue weighted by atomic mass is 10.2. The van der Waals surface area contributed by atoms with Gasteiger partial charge >= 0.3 is 0 Å². The Morgan fingerprint density at radius 3 is 2.38 bits per heavy atom. The summed E-state index contributed by atoms with van der Waals surface area (Å²) in [4.78, 5) is 25.7. The highest BCUT2D eigenvalue weighted by molar-refractivity contribution is 9.10. The second-order valence-electron chi connectivity index (χ2n) is 5.99. The maximum atomic E-state index is 12.1. The zero-order chi connectivity index (χ0) is 18.9. The maximum absolute atomic E-state index is 12.1. The normalized spacial score (nSPS) is 10.3. The van der Waals surface area contributed by atoms with Gasteiger partial charge in [-0.25, -0.2) is 0 Å². The highest BCUT2D eigenvalue weighted by atomic mass is 79.9. The Labute approximate surface area is 162 Å². The van der Waals surface area contributed by atoms with Gasteiger partial charge in [0.2, 0.25) is 5.91 Å². The lowest BCUT2D eigenvalue weighted by Crippen LogP contribution is -2.34. The van der Waals surface area contributed by atoms with Crippen molar-refractivity contribution >= 4 is 27.7 Å². The number of nitrogens with zero attached hydrogens (tertiary/aromatic N) is 1. The SMILES string of the molecule is Cc1ccc(OCCN(C)C(=O)CCNC(=O)c2ccc(Br)cc2)cc1. The summed E-state index contributed by atoms with van der Waals surface area (Å²) >= 11 is 3.33. The highest BCUT2D eigenvalue weighted by Gasteiger charge is 2.10. The van der Waals surface area contributed by atoms with Crippen LogP contribution in [0, 0.1) is 6.92 Å². The van der Waals surface area contributed by atoms with E-state index in [0.717, 1.165) is 10.2 Å². The first-order chi connectivity index (χ1) is 12.5. The third-order valence-corrected chi connectivity index (χ3v) is 4.40. The maximum Gasteiger partial charge on any atom is 0.251 e. The molecule has 2 rings (SSSR count). The monoisotopic (exact) mass is 418 g/mol. The molecule has 0 saturated heterocycles. The number of carbonyl (C=O) groups excluding carboxylic acids is 2. The van der Waals surface area contributed by atoms with E-state index in [2.05, 4.69) is 21.2 Å².